The number of nitrogens with zero attached hydrogens (tertiary/aromatic N) is 4. The Bertz CT molecular complexity index is 1200. The molecule has 0 spiro atoms. The fourth-order valence-corrected chi connectivity index (χ4v) is 3.27. The van der Waals surface area contributed by atoms with Gasteiger partial charge >= 0.3 is 0 Å². The molecule has 0 saturated carbocycles. The summed E-state index contributed by atoms with van der Waals surface area (Å²) in [5.74, 6) is 0.784. The van der Waals surface area contributed by atoms with Crippen LogP contribution in [0.4, 0.5) is 5.95 Å². The van der Waals surface area contributed by atoms with E-state index in [0.29, 0.717) is 11.4 Å². The van der Waals surface area contributed by atoms with Crippen LogP contribution in [0.15, 0.2) is 54.9 Å². The van der Waals surface area contributed by atoms with E-state index in [1.807, 2.05) is 44.3 Å². The Kier molecular flexibility index (Phi) is 4.95. The van der Waals surface area contributed by atoms with Crippen LogP contribution in [0.1, 0.15) is 16.8 Å². The molecule has 3 aromatic heterocycles. The summed E-state index contributed by atoms with van der Waals surface area (Å²) >= 11 is 0. The summed E-state index contributed by atoms with van der Waals surface area (Å²) in [5.41, 5.74) is 5.88. The Morgan fingerprint density at radius 3 is 2.76 bits per heavy atom. The van der Waals surface area contributed by atoms with Gasteiger partial charge in [0.2, 0.25) is 11.9 Å². The highest BCUT2D eigenvalue weighted by atomic mass is 16.5. The Hall–Kier alpha value is -3.74. The largest absolute Gasteiger partial charge is 0.497 e. The van der Waals surface area contributed by atoms with Gasteiger partial charge in [-0.15, -0.1) is 5.10 Å². The van der Waals surface area contributed by atoms with E-state index in [0.717, 1.165) is 27.9 Å². The highest BCUT2D eigenvalue weighted by Gasteiger charge is 2.11. The molecule has 0 saturated heterocycles. The van der Waals surface area contributed by atoms with E-state index in [9.17, 15) is 4.79 Å². The molecule has 0 fully saturated rings. The normalized spacial score (nSPS) is 10.9. The molecule has 0 aliphatic carbocycles. The molecular weight excluding hydrogens is 366 g/mol. The molecule has 0 unspecified atom stereocenters. The summed E-state index contributed by atoms with van der Waals surface area (Å²) in [6, 6.07) is 13.6. The van der Waals surface area contributed by atoms with Gasteiger partial charge in [0.15, 0.2) is 5.65 Å². The lowest BCUT2D eigenvalue weighted by atomic mass is 9.97. The number of carbonyl (C=O) groups is 1. The summed E-state index contributed by atoms with van der Waals surface area (Å²) < 4.78 is 6.77. The van der Waals surface area contributed by atoms with Crippen LogP contribution in [0.25, 0.3) is 16.8 Å². The summed E-state index contributed by atoms with van der Waals surface area (Å²) in [5, 5.41) is 7.02. The minimum Gasteiger partial charge on any atom is -0.497 e. The van der Waals surface area contributed by atoms with E-state index in [2.05, 4.69) is 26.4 Å². The van der Waals surface area contributed by atoms with Gasteiger partial charge in [-0.05, 0) is 54.3 Å². The molecule has 0 aliphatic rings. The maximum atomic E-state index is 12.5. The van der Waals surface area contributed by atoms with Gasteiger partial charge in [0.05, 0.1) is 13.5 Å². The highest BCUT2D eigenvalue weighted by molar-refractivity contribution is 5.91. The second kappa shape index (κ2) is 7.71. The first-order chi connectivity index (χ1) is 14.0. The maximum Gasteiger partial charge on any atom is 0.249 e. The number of fused-ring (bicyclic) bond motifs is 1. The third-order valence-corrected chi connectivity index (χ3v) is 4.66. The second-order valence-corrected chi connectivity index (χ2v) is 6.86. The molecule has 0 atom stereocenters. The predicted octanol–water partition coefficient (Wildman–Crippen LogP) is 3.60. The second-order valence-electron chi connectivity index (χ2n) is 6.86. The summed E-state index contributed by atoms with van der Waals surface area (Å²) in [4.78, 5) is 21.0. The highest BCUT2D eigenvalue weighted by Crippen LogP contribution is 2.24. The fourth-order valence-electron chi connectivity index (χ4n) is 3.27. The van der Waals surface area contributed by atoms with Crippen LogP contribution in [0, 0.1) is 13.8 Å². The van der Waals surface area contributed by atoms with E-state index in [-0.39, 0.29) is 18.3 Å². The fraction of sp³-hybridized carbons (Fsp3) is 0.182. The molecule has 7 nitrogen and oxygen atoms in total. The third kappa shape index (κ3) is 4.08. The molecule has 1 N–H and O–H groups in total. The van der Waals surface area contributed by atoms with Crippen molar-refractivity contribution in [2.75, 3.05) is 12.4 Å². The van der Waals surface area contributed by atoms with E-state index in [4.69, 9.17) is 4.74 Å². The Balaban J connectivity index is 1.48. The molecule has 1 aromatic carbocycles. The minimum absolute atomic E-state index is 0.167. The average molecular weight is 387 g/mol. The number of methoxy groups -OCH3 is 1. The number of rotatable bonds is 5. The number of aromatic nitrogens is 4. The molecule has 7 heteroatoms. The lowest BCUT2D eigenvalue weighted by Crippen LogP contribution is -2.15. The molecule has 1 amide bonds. The molecule has 0 aliphatic heterocycles. The quantitative estimate of drug-likeness (QED) is 0.566. The van der Waals surface area contributed by atoms with Crippen LogP contribution in [0.3, 0.4) is 0 Å². The van der Waals surface area contributed by atoms with Gasteiger partial charge in [0.25, 0.3) is 0 Å². The number of hydrogen-bond donors (Lipinski definition) is 1. The van der Waals surface area contributed by atoms with Crippen LogP contribution in [-0.2, 0) is 11.2 Å². The number of amides is 1. The van der Waals surface area contributed by atoms with Crippen LogP contribution >= 0.6 is 0 Å². The average Bonchev–Trinajstić information content (AvgIpc) is 3.09. The standard InChI is InChI=1S/C22H21N5O2/c1-14-10-16(4-5-19(14)17-6-8-23-15(2)11-17)12-21(28)25-22-24-20-13-18(29-3)7-9-27(20)26-22/h4-11,13H,12H2,1-3H3,(H,25,26,28). The zero-order valence-corrected chi connectivity index (χ0v) is 16.5. The van der Waals surface area contributed by atoms with Crippen LogP contribution < -0.4 is 10.1 Å². The Morgan fingerprint density at radius 1 is 1.14 bits per heavy atom. The van der Waals surface area contributed by atoms with Crippen molar-refractivity contribution < 1.29 is 9.53 Å². The van der Waals surface area contributed by atoms with Crippen molar-refractivity contribution in [2.24, 2.45) is 0 Å². The van der Waals surface area contributed by atoms with Gasteiger partial charge in [-0.25, -0.2) is 4.52 Å². The molecule has 4 aromatic rings. The molecule has 146 valence electrons. The van der Waals surface area contributed by atoms with Gasteiger partial charge in [-0.2, -0.15) is 4.98 Å². The predicted molar refractivity (Wildman–Crippen MR) is 111 cm³/mol. The zero-order chi connectivity index (χ0) is 20.4. The molecule has 4 rings (SSSR count). The van der Waals surface area contributed by atoms with E-state index in [1.54, 1.807) is 30.0 Å². The van der Waals surface area contributed by atoms with Crippen LogP contribution in [0.2, 0.25) is 0 Å². The molecule has 0 radical (unpaired) electrons. The van der Waals surface area contributed by atoms with E-state index < -0.39 is 0 Å². The van der Waals surface area contributed by atoms with Crippen molar-refractivity contribution >= 4 is 17.5 Å². The SMILES string of the molecule is COc1ccn2nc(NC(=O)Cc3ccc(-c4ccnc(C)c4)c(C)c3)nc2c1. The van der Waals surface area contributed by atoms with Crippen molar-refractivity contribution in [1.29, 1.82) is 0 Å². The van der Waals surface area contributed by atoms with Crippen molar-refractivity contribution in [2.45, 2.75) is 20.3 Å². The molecular formula is C22H21N5O2. The van der Waals surface area contributed by atoms with Crippen molar-refractivity contribution in [1.82, 2.24) is 19.6 Å². The third-order valence-electron chi connectivity index (χ3n) is 4.66. The first-order valence-electron chi connectivity index (χ1n) is 9.24. The van der Waals surface area contributed by atoms with Crippen molar-refractivity contribution in [3.05, 3.63) is 71.7 Å². The smallest absolute Gasteiger partial charge is 0.249 e. The number of carbonyl (C=O) groups excluding carboxylic acids is 1. The summed E-state index contributed by atoms with van der Waals surface area (Å²) in [6.07, 6.45) is 3.79. The van der Waals surface area contributed by atoms with Gasteiger partial charge in [-0.1, -0.05) is 18.2 Å². The number of anilines is 1. The molecule has 3 heterocycles. The first kappa shape index (κ1) is 18.6. The summed E-state index contributed by atoms with van der Waals surface area (Å²) in [7, 11) is 1.59. The number of pyridine rings is 2. The number of benzene rings is 1. The van der Waals surface area contributed by atoms with Crippen molar-refractivity contribution in [3.63, 3.8) is 0 Å². The van der Waals surface area contributed by atoms with Crippen LogP contribution in [0.5, 0.6) is 5.75 Å². The first-order valence-corrected chi connectivity index (χ1v) is 9.24. The number of ether oxygens (including phenoxy) is 1. The van der Waals surface area contributed by atoms with Crippen molar-refractivity contribution in [3.8, 4) is 16.9 Å². The van der Waals surface area contributed by atoms with Crippen LogP contribution in [-0.4, -0.2) is 32.6 Å². The Labute approximate surface area is 168 Å². The van der Waals surface area contributed by atoms with Gasteiger partial charge in [0, 0.05) is 24.2 Å². The number of nitrogens with one attached hydrogen (secondary N) is 1. The lowest BCUT2D eigenvalue weighted by molar-refractivity contribution is -0.115. The molecule has 29 heavy (non-hydrogen) atoms. The number of aryl methyl sites for hydroxylation is 2. The topological polar surface area (TPSA) is 81.4 Å². The van der Waals surface area contributed by atoms with E-state index in [1.165, 1.54) is 0 Å². The van der Waals surface area contributed by atoms with Gasteiger partial charge in [0.1, 0.15) is 5.75 Å². The monoisotopic (exact) mass is 387 g/mol. The Morgan fingerprint density at radius 2 is 2.00 bits per heavy atom. The van der Waals surface area contributed by atoms with Gasteiger partial charge < -0.3 is 4.74 Å². The molecule has 0 bridgehead atoms. The maximum absolute atomic E-state index is 12.5. The minimum atomic E-state index is -0.167. The van der Waals surface area contributed by atoms with Gasteiger partial charge in [-0.3, -0.25) is 15.1 Å². The number of hydrogen-bond acceptors (Lipinski definition) is 5. The lowest BCUT2D eigenvalue weighted by Gasteiger charge is -2.09. The summed E-state index contributed by atoms with van der Waals surface area (Å²) in [6.45, 7) is 4.02. The zero-order valence-electron chi connectivity index (χ0n) is 16.5. The van der Waals surface area contributed by atoms with E-state index >= 15 is 0 Å².